The molecule has 4 heteroatoms. The van der Waals surface area contributed by atoms with Crippen molar-refractivity contribution in [3.05, 3.63) is 0 Å². The third-order valence-electron chi connectivity index (χ3n) is 2.83. The molecule has 0 aromatic rings. The van der Waals surface area contributed by atoms with Gasteiger partial charge in [-0.15, -0.1) is 0 Å². The van der Waals surface area contributed by atoms with Crippen LogP contribution in [0.5, 0.6) is 0 Å². The second-order valence-electron chi connectivity index (χ2n) is 4.44. The fourth-order valence-electron chi connectivity index (χ4n) is 1.84. The lowest BCUT2D eigenvalue weighted by Crippen LogP contribution is -2.34. The van der Waals surface area contributed by atoms with Crippen molar-refractivity contribution in [1.82, 2.24) is 5.32 Å². The molecule has 1 unspecified atom stereocenters. The fraction of sp³-hybridized carbons (Fsp3) is 1.00. The smallest absolute Gasteiger partial charge is 0.0615 e. The molecule has 0 bridgehead atoms. The molecule has 104 valence electrons. The maximum atomic E-state index is 5.53. The largest absolute Gasteiger partial charge is 0.383 e. The van der Waals surface area contributed by atoms with Crippen molar-refractivity contribution in [1.29, 1.82) is 0 Å². The third-order valence-corrected chi connectivity index (χ3v) is 3.53. The first-order chi connectivity index (χ1) is 8.35. The monoisotopic (exact) mass is 262 g/mol. The summed E-state index contributed by atoms with van der Waals surface area (Å²) in [6.07, 6.45) is 9.71. The average molecular weight is 262 g/mol. The summed E-state index contributed by atoms with van der Waals surface area (Å²) in [4.78, 5) is 0. The van der Waals surface area contributed by atoms with Gasteiger partial charge in [0.15, 0.2) is 0 Å². The first-order valence-electron chi connectivity index (χ1n) is 6.76. The molecule has 0 spiro atoms. The molecule has 3 nitrogen and oxygen atoms in total. The van der Waals surface area contributed by atoms with E-state index in [9.17, 15) is 0 Å². The van der Waals surface area contributed by atoms with E-state index in [1.165, 1.54) is 31.4 Å². The van der Waals surface area contributed by atoms with E-state index < -0.39 is 0 Å². The van der Waals surface area contributed by atoms with E-state index in [0.717, 1.165) is 32.5 Å². The van der Waals surface area contributed by atoms with Gasteiger partial charge in [0, 0.05) is 13.2 Å². The lowest BCUT2D eigenvalue weighted by Gasteiger charge is -2.17. The Bertz CT molecular complexity index is 147. The summed E-state index contributed by atoms with van der Waals surface area (Å²) in [5.41, 5.74) is 5.53. The highest BCUT2D eigenvalue weighted by Crippen LogP contribution is 2.04. The highest BCUT2D eigenvalue weighted by atomic mass is 32.2. The van der Waals surface area contributed by atoms with Gasteiger partial charge in [-0.2, -0.15) is 11.8 Å². The van der Waals surface area contributed by atoms with Crippen LogP contribution in [0, 0.1) is 0 Å². The Balaban J connectivity index is 3.34. The Morgan fingerprint density at radius 1 is 1.18 bits per heavy atom. The number of rotatable bonds is 13. The van der Waals surface area contributed by atoms with Crippen LogP contribution in [0.1, 0.15) is 38.5 Å². The van der Waals surface area contributed by atoms with Crippen molar-refractivity contribution in [3.8, 4) is 0 Å². The molecule has 3 N–H and O–H groups in total. The van der Waals surface area contributed by atoms with Crippen molar-refractivity contribution < 1.29 is 4.74 Å². The molecule has 0 heterocycles. The zero-order valence-electron chi connectivity index (χ0n) is 11.5. The number of hydrogen-bond donors (Lipinski definition) is 2. The van der Waals surface area contributed by atoms with Crippen LogP contribution in [-0.4, -0.2) is 44.9 Å². The van der Waals surface area contributed by atoms with E-state index in [-0.39, 0.29) is 0 Å². The van der Waals surface area contributed by atoms with E-state index in [4.69, 9.17) is 10.5 Å². The highest BCUT2D eigenvalue weighted by Gasteiger charge is 2.06. The molecule has 0 aromatic heterocycles. The number of ether oxygens (including phenoxy) is 1. The summed E-state index contributed by atoms with van der Waals surface area (Å²) >= 11 is 1.94. The fourth-order valence-corrected chi connectivity index (χ4v) is 2.33. The summed E-state index contributed by atoms with van der Waals surface area (Å²) in [6, 6.07) is 0.481. The van der Waals surface area contributed by atoms with Crippen molar-refractivity contribution in [2.45, 2.75) is 44.6 Å². The second kappa shape index (κ2) is 14.3. The first kappa shape index (κ1) is 17.2. The normalized spacial score (nSPS) is 12.9. The topological polar surface area (TPSA) is 47.3 Å². The van der Waals surface area contributed by atoms with Crippen LogP contribution in [0.4, 0.5) is 0 Å². The van der Waals surface area contributed by atoms with Gasteiger partial charge in [-0.05, 0) is 50.8 Å². The zero-order valence-corrected chi connectivity index (χ0v) is 12.4. The average Bonchev–Trinajstić information content (AvgIpc) is 2.34. The third kappa shape index (κ3) is 12.5. The Kier molecular flexibility index (Phi) is 14.5. The van der Waals surface area contributed by atoms with Gasteiger partial charge < -0.3 is 15.8 Å². The lowest BCUT2D eigenvalue weighted by molar-refractivity contribution is 0.161. The number of nitrogens with one attached hydrogen (secondary N) is 1. The van der Waals surface area contributed by atoms with Gasteiger partial charge >= 0.3 is 0 Å². The molecule has 0 saturated carbocycles. The maximum Gasteiger partial charge on any atom is 0.0615 e. The minimum Gasteiger partial charge on any atom is -0.383 e. The lowest BCUT2D eigenvalue weighted by atomic mass is 10.1. The quantitative estimate of drug-likeness (QED) is 0.500. The molecular formula is C13H30N2OS. The minimum absolute atomic E-state index is 0.481. The molecule has 0 aliphatic carbocycles. The molecule has 0 rings (SSSR count). The van der Waals surface area contributed by atoms with E-state index >= 15 is 0 Å². The summed E-state index contributed by atoms with van der Waals surface area (Å²) in [5, 5.41) is 3.56. The van der Waals surface area contributed by atoms with Gasteiger partial charge in [0.25, 0.3) is 0 Å². The van der Waals surface area contributed by atoms with Crippen molar-refractivity contribution >= 4 is 11.8 Å². The van der Waals surface area contributed by atoms with Crippen molar-refractivity contribution in [2.75, 3.05) is 38.8 Å². The number of thioether (sulfide) groups is 1. The van der Waals surface area contributed by atoms with Gasteiger partial charge in [-0.1, -0.05) is 12.8 Å². The molecule has 0 fully saturated rings. The van der Waals surface area contributed by atoms with Crippen LogP contribution < -0.4 is 11.1 Å². The molecule has 17 heavy (non-hydrogen) atoms. The van der Waals surface area contributed by atoms with Crippen LogP contribution in [0.25, 0.3) is 0 Å². The van der Waals surface area contributed by atoms with Crippen LogP contribution in [-0.2, 0) is 4.74 Å². The van der Waals surface area contributed by atoms with E-state index in [1.54, 1.807) is 7.11 Å². The van der Waals surface area contributed by atoms with Crippen LogP contribution in [0.15, 0.2) is 0 Å². The Hall–Kier alpha value is 0.230. The van der Waals surface area contributed by atoms with Crippen molar-refractivity contribution in [3.63, 3.8) is 0 Å². The van der Waals surface area contributed by atoms with Gasteiger partial charge in [-0.3, -0.25) is 0 Å². The number of hydrogen-bond acceptors (Lipinski definition) is 4. The Morgan fingerprint density at radius 3 is 2.59 bits per heavy atom. The summed E-state index contributed by atoms with van der Waals surface area (Å²) < 4.78 is 5.21. The van der Waals surface area contributed by atoms with Crippen molar-refractivity contribution in [2.24, 2.45) is 5.73 Å². The van der Waals surface area contributed by atoms with E-state index in [1.807, 2.05) is 11.8 Å². The second-order valence-corrected chi connectivity index (χ2v) is 5.43. The predicted octanol–water partition coefficient (Wildman–Crippen LogP) is 2.25. The van der Waals surface area contributed by atoms with Gasteiger partial charge in [-0.25, -0.2) is 0 Å². The van der Waals surface area contributed by atoms with Crippen LogP contribution >= 0.6 is 11.8 Å². The summed E-state index contributed by atoms with van der Waals surface area (Å²) in [5.74, 6) is 1.30. The SMILES string of the molecule is COCC(CCCN)NCCCCCCSC. The van der Waals surface area contributed by atoms with Crippen LogP contribution in [0.2, 0.25) is 0 Å². The number of unbranched alkanes of at least 4 members (excludes halogenated alkanes) is 3. The highest BCUT2D eigenvalue weighted by molar-refractivity contribution is 7.98. The number of nitrogens with two attached hydrogens (primary N) is 1. The van der Waals surface area contributed by atoms with E-state index in [2.05, 4.69) is 11.6 Å². The molecule has 0 saturated heterocycles. The molecule has 0 radical (unpaired) electrons. The molecular weight excluding hydrogens is 232 g/mol. The summed E-state index contributed by atoms with van der Waals surface area (Å²) in [6.45, 7) is 2.68. The zero-order chi connectivity index (χ0) is 12.8. The van der Waals surface area contributed by atoms with E-state index in [0.29, 0.717) is 6.04 Å². The number of methoxy groups -OCH3 is 1. The molecule has 0 aliphatic heterocycles. The maximum absolute atomic E-state index is 5.53. The van der Waals surface area contributed by atoms with Crippen LogP contribution in [0.3, 0.4) is 0 Å². The minimum atomic E-state index is 0.481. The predicted molar refractivity (Wildman–Crippen MR) is 78.8 cm³/mol. The van der Waals surface area contributed by atoms with Gasteiger partial charge in [0.2, 0.25) is 0 Å². The Labute approximate surface area is 111 Å². The van der Waals surface area contributed by atoms with Gasteiger partial charge in [0.1, 0.15) is 0 Å². The first-order valence-corrected chi connectivity index (χ1v) is 8.15. The molecule has 0 aromatic carbocycles. The Morgan fingerprint density at radius 2 is 1.94 bits per heavy atom. The molecule has 1 atom stereocenters. The summed E-state index contributed by atoms with van der Waals surface area (Å²) in [7, 11) is 1.76. The molecule has 0 aliphatic rings. The standard InChI is InChI=1S/C13H30N2OS/c1-16-12-13(8-7-9-14)15-10-5-3-4-6-11-17-2/h13,15H,3-12,14H2,1-2H3. The van der Waals surface area contributed by atoms with Gasteiger partial charge in [0.05, 0.1) is 6.61 Å². The molecule has 0 amide bonds.